The van der Waals surface area contributed by atoms with Crippen LogP contribution >= 0.6 is 0 Å². The molecule has 0 unspecified atom stereocenters. The van der Waals surface area contributed by atoms with Gasteiger partial charge in [0.25, 0.3) is 5.91 Å². The molecule has 27 heavy (non-hydrogen) atoms. The summed E-state index contributed by atoms with van der Waals surface area (Å²) in [6.07, 6.45) is 1.60. The molecule has 1 amide bonds. The number of carbonyl (C=O) groups is 1. The molecule has 0 aliphatic rings. The number of nitrogens with zero attached hydrogens (tertiary/aromatic N) is 1. The van der Waals surface area contributed by atoms with E-state index in [0.29, 0.717) is 18.8 Å². The normalized spacial score (nSPS) is 10.3. The Bertz CT molecular complexity index is 867. The number of pyridine rings is 1. The van der Waals surface area contributed by atoms with Crippen molar-refractivity contribution in [3.8, 4) is 11.5 Å². The van der Waals surface area contributed by atoms with E-state index in [0.717, 1.165) is 22.9 Å². The average molecular weight is 363 g/mol. The van der Waals surface area contributed by atoms with Gasteiger partial charge in [-0.3, -0.25) is 9.78 Å². The number of methoxy groups -OCH3 is 1. The van der Waals surface area contributed by atoms with E-state index in [1.807, 2.05) is 54.6 Å². The lowest BCUT2D eigenvalue weighted by Gasteiger charge is -2.10. The Hall–Kier alpha value is -3.38. The van der Waals surface area contributed by atoms with Crippen LogP contribution in [0.15, 0.2) is 72.9 Å². The zero-order valence-electron chi connectivity index (χ0n) is 15.0. The summed E-state index contributed by atoms with van der Waals surface area (Å²) in [6.45, 7) is 0.901. The molecule has 0 bridgehead atoms. The van der Waals surface area contributed by atoms with Crippen molar-refractivity contribution in [2.75, 3.05) is 25.6 Å². The Balaban J connectivity index is 1.61. The number of benzene rings is 2. The summed E-state index contributed by atoms with van der Waals surface area (Å²) < 4.78 is 10.7. The second-order valence-electron chi connectivity index (χ2n) is 5.74. The monoisotopic (exact) mass is 363 g/mol. The molecule has 0 atom stereocenters. The molecule has 0 spiro atoms. The van der Waals surface area contributed by atoms with Gasteiger partial charge in [0, 0.05) is 31.2 Å². The lowest BCUT2D eigenvalue weighted by molar-refractivity contribution is 0.0932. The molecule has 1 aromatic heterocycles. The molecule has 0 fully saturated rings. The number of nitrogens with one attached hydrogen (secondary N) is 2. The predicted molar refractivity (Wildman–Crippen MR) is 105 cm³/mol. The van der Waals surface area contributed by atoms with Gasteiger partial charge in [-0.1, -0.05) is 18.2 Å². The fourth-order valence-corrected chi connectivity index (χ4v) is 2.39. The van der Waals surface area contributed by atoms with Crippen molar-refractivity contribution in [2.45, 2.75) is 0 Å². The molecular weight excluding hydrogens is 342 g/mol. The van der Waals surface area contributed by atoms with E-state index < -0.39 is 0 Å². The second-order valence-corrected chi connectivity index (χ2v) is 5.74. The number of hydrogen-bond acceptors (Lipinski definition) is 5. The molecule has 0 saturated heterocycles. The number of ether oxygens (including phenoxy) is 2. The van der Waals surface area contributed by atoms with Crippen LogP contribution in [-0.4, -0.2) is 31.2 Å². The summed E-state index contributed by atoms with van der Waals surface area (Å²) in [5.74, 6) is 1.30. The van der Waals surface area contributed by atoms with Crippen LogP contribution in [0.1, 0.15) is 10.5 Å². The smallest absolute Gasteiger partial charge is 0.270 e. The maximum absolute atomic E-state index is 12.1. The highest BCUT2D eigenvalue weighted by atomic mass is 16.5. The van der Waals surface area contributed by atoms with Crippen LogP contribution in [0.25, 0.3) is 0 Å². The molecule has 0 saturated carbocycles. The van der Waals surface area contributed by atoms with Gasteiger partial charge >= 0.3 is 0 Å². The largest absolute Gasteiger partial charge is 0.457 e. The van der Waals surface area contributed by atoms with Crippen molar-refractivity contribution in [1.29, 1.82) is 0 Å². The third-order valence-electron chi connectivity index (χ3n) is 3.71. The first-order valence-electron chi connectivity index (χ1n) is 8.58. The van der Waals surface area contributed by atoms with Gasteiger partial charge in [0.2, 0.25) is 0 Å². The minimum absolute atomic E-state index is 0.234. The number of para-hydroxylation sites is 1. The van der Waals surface area contributed by atoms with Crippen LogP contribution in [0.5, 0.6) is 11.5 Å². The molecule has 3 rings (SSSR count). The van der Waals surface area contributed by atoms with E-state index >= 15 is 0 Å². The number of hydrogen-bond donors (Lipinski definition) is 2. The molecule has 6 nitrogen and oxygen atoms in total. The van der Waals surface area contributed by atoms with Crippen LogP contribution in [-0.2, 0) is 4.74 Å². The first-order chi connectivity index (χ1) is 13.2. The first-order valence-corrected chi connectivity index (χ1v) is 8.58. The Morgan fingerprint density at radius 2 is 1.70 bits per heavy atom. The predicted octanol–water partition coefficient (Wildman–Crippen LogP) is 3.99. The highest BCUT2D eigenvalue weighted by molar-refractivity contribution is 5.93. The zero-order chi connectivity index (χ0) is 18.9. The molecule has 0 aliphatic carbocycles. The van der Waals surface area contributed by atoms with Gasteiger partial charge in [0.15, 0.2) is 0 Å². The highest BCUT2D eigenvalue weighted by Gasteiger charge is 2.07. The lowest BCUT2D eigenvalue weighted by Crippen LogP contribution is -2.27. The molecule has 138 valence electrons. The van der Waals surface area contributed by atoms with E-state index in [9.17, 15) is 4.79 Å². The minimum atomic E-state index is -0.234. The van der Waals surface area contributed by atoms with E-state index in [4.69, 9.17) is 9.47 Å². The Morgan fingerprint density at radius 3 is 2.44 bits per heavy atom. The van der Waals surface area contributed by atoms with Gasteiger partial charge in [-0.25, -0.2) is 0 Å². The number of carbonyl (C=O) groups excluding carboxylic acids is 1. The van der Waals surface area contributed by atoms with Crippen molar-refractivity contribution in [2.24, 2.45) is 0 Å². The van der Waals surface area contributed by atoms with Crippen LogP contribution in [0.3, 0.4) is 0 Å². The molecule has 3 aromatic rings. The zero-order valence-corrected chi connectivity index (χ0v) is 15.0. The van der Waals surface area contributed by atoms with Gasteiger partial charge < -0.3 is 20.1 Å². The highest BCUT2D eigenvalue weighted by Crippen LogP contribution is 2.24. The van der Waals surface area contributed by atoms with Gasteiger partial charge in [-0.15, -0.1) is 0 Å². The fourth-order valence-electron chi connectivity index (χ4n) is 2.39. The van der Waals surface area contributed by atoms with Crippen LogP contribution in [0, 0.1) is 0 Å². The third kappa shape index (κ3) is 5.55. The van der Waals surface area contributed by atoms with Crippen molar-refractivity contribution in [3.63, 3.8) is 0 Å². The summed E-state index contributed by atoms with van der Waals surface area (Å²) in [5.41, 5.74) is 2.01. The van der Waals surface area contributed by atoms with Crippen molar-refractivity contribution >= 4 is 17.3 Å². The summed E-state index contributed by atoms with van der Waals surface area (Å²) in [6, 6.07) is 20.7. The fraction of sp³-hybridized carbons (Fsp3) is 0.143. The Labute approximate surface area is 158 Å². The second kappa shape index (κ2) is 9.35. The topological polar surface area (TPSA) is 72.5 Å². The number of anilines is 2. The number of amides is 1. The van der Waals surface area contributed by atoms with Crippen LogP contribution in [0.2, 0.25) is 0 Å². The lowest BCUT2D eigenvalue weighted by atomic mass is 10.2. The standard InChI is InChI=1S/C21H21N3O3/c1-26-14-13-23-21(25)20-15-17(11-12-22-20)24-16-7-9-19(10-8-16)27-18-5-3-2-4-6-18/h2-12,15H,13-14H2,1H3,(H,22,24)(H,23,25). The Kier molecular flexibility index (Phi) is 6.38. The maximum atomic E-state index is 12.1. The molecule has 0 aliphatic heterocycles. The SMILES string of the molecule is COCCNC(=O)c1cc(Nc2ccc(Oc3ccccc3)cc2)ccn1. The van der Waals surface area contributed by atoms with Crippen molar-refractivity contribution < 1.29 is 14.3 Å². The van der Waals surface area contributed by atoms with E-state index in [1.54, 1.807) is 25.4 Å². The van der Waals surface area contributed by atoms with E-state index in [2.05, 4.69) is 15.6 Å². The summed E-state index contributed by atoms with van der Waals surface area (Å²) in [5, 5.41) is 6.01. The molecule has 0 radical (unpaired) electrons. The molecule has 6 heteroatoms. The van der Waals surface area contributed by atoms with E-state index in [-0.39, 0.29) is 5.91 Å². The molecule has 2 aromatic carbocycles. The van der Waals surface area contributed by atoms with Gasteiger partial charge in [0.1, 0.15) is 17.2 Å². The van der Waals surface area contributed by atoms with Crippen molar-refractivity contribution in [3.05, 3.63) is 78.6 Å². The molecule has 2 N–H and O–H groups in total. The van der Waals surface area contributed by atoms with Gasteiger partial charge in [-0.05, 0) is 48.5 Å². The van der Waals surface area contributed by atoms with Crippen LogP contribution < -0.4 is 15.4 Å². The summed E-state index contributed by atoms with van der Waals surface area (Å²) >= 11 is 0. The number of rotatable bonds is 8. The summed E-state index contributed by atoms with van der Waals surface area (Å²) in [4.78, 5) is 16.2. The third-order valence-corrected chi connectivity index (χ3v) is 3.71. The molecule has 1 heterocycles. The quantitative estimate of drug-likeness (QED) is 0.592. The summed E-state index contributed by atoms with van der Waals surface area (Å²) in [7, 11) is 1.59. The van der Waals surface area contributed by atoms with Gasteiger partial charge in [0.05, 0.1) is 6.61 Å². The van der Waals surface area contributed by atoms with Crippen LogP contribution in [0.4, 0.5) is 11.4 Å². The molecular formula is C21H21N3O3. The average Bonchev–Trinajstić information content (AvgIpc) is 2.71. The number of aromatic nitrogens is 1. The minimum Gasteiger partial charge on any atom is -0.457 e. The van der Waals surface area contributed by atoms with Gasteiger partial charge in [-0.2, -0.15) is 0 Å². The maximum Gasteiger partial charge on any atom is 0.270 e. The Morgan fingerprint density at radius 1 is 0.963 bits per heavy atom. The van der Waals surface area contributed by atoms with E-state index in [1.165, 1.54) is 0 Å². The van der Waals surface area contributed by atoms with Crippen molar-refractivity contribution in [1.82, 2.24) is 10.3 Å². The first kappa shape index (κ1) is 18.4.